The molecule has 0 spiro atoms. The SMILES string of the molecule is NCCOCCS(=O)(=O)Nc1c(F)cccc1F. The van der Waals surface area contributed by atoms with Crippen molar-refractivity contribution in [3.63, 3.8) is 0 Å². The molecular weight excluding hydrogens is 266 g/mol. The van der Waals surface area contributed by atoms with Crippen molar-refractivity contribution in [1.82, 2.24) is 0 Å². The van der Waals surface area contributed by atoms with Gasteiger partial charge < -0.3 is 10.5 Å². The molecule has 0 bridgehead atoms. The minimum absolute atomic E-state index is 0.0946. The molecule has 0 fully saturated rings. The van der Waals surface area contributed by atoms with Crippen LogP contribution >= 0.6 is 0 Å². The Bertz CT molecular complexity index is 474. The van der Waals surface area contributed by atoms with E-state index < -0.39 is 33.1 Å². The van der Waals surface area contributed by atoms with Crippen LogP contribution in [0.3, 0.4) is 0 Å². The van der Waals surface area contributed by atoms with Gasteiger partial charge in [-0.3, -0.25) is 4.72 Å². The van der Waals surface area contributed by atoms with Crippen LogP contribution in [0.5, 0.6) is 0 Å². The zero-order valence-corrected chi connectivity index (χ0v) is 10.3. The van der Waals surface area contributed by atoms with Crippen molar-refractivity contribution in [3.8, 4) is 0 Å². The third-order valence-electron chi connectivity index (χ3n) is 1.98. The number of nitrogens with one attached hydrogen (secondary N) is 1. The summed E-state index contributed by atoms with van der Waals surface area (Å²) < 4.78 is 56.2. The van der Waals surface area contributed by atoms with E-state index in [0.29, 0.717) is 0 Å². The molecule has 0 aliphatic heterocycles. The summed E-state index contributed by atoms with van der Waals surface area (Å²) in [6.07, 6.45) is 0. The van der Waals surface area contributed by atoms with Crippen LogP contribution in [0.15, 0.2) is 18.2 Å². The summed E-state index contributed by atoms with van der Waals surface area (Å²) in [5, 5.41) is 0. The Labute approximate surface area is 104 Å². The molecule has 3 N–H and O–H groups in total. The molecule has 1 aromatic carbocycles. The fourth-order valence-electron chi connectivity index (χ4n) is 1.16. The number of anilines is 1. The van der Waals surface area contributed by atoms with Crippen LogP contribution < -0.4 is 10.5 Å². The number of sulfonamides is 1. The van der Waals surface area contributed by atoms with Gasteiger partial charge in [0.2, 0.25) is 10.0 Å². The highest BCUT2D eigenvalue weighted by molar-refractivity contribution is 7.92. The van der Waals surface area contributed by atoms with Gasteiger partial charge in [-0.05, 0) is 12.1 Å². The van der Waals surface area contributed by atoms with Crippen molar-refractivity contribution >= 4 is 15.7 Å². The maximum atomic E-state index is 13.2. The van der Waals surface area contributed by atoms with Gasteiger partial charge in [-0.15, -0.1) is 0 Å². The number of nitrogens with two attached hydrogens (primary N) is 1. The van der Waals surface area contributed by atoms with Crippen molar-refractivity contribution < 1.29 is 21.9 Å². The van der Waals surface area contributed by atoms with Crippen molar-refractivity contribution in [2.45, 2.75) is 0 Å². The predicted octanol–water partition coefficient (Wildman–Crippen LogP) is 0.682. The van der Waals surface area contributed by atoms with E-state index in [1.54, 1.807) is 0 Å². The largest absolute Gasteiger partial charge is 0.379 e. The summed E-state index contributed by atoms with van der Waals surface area (Å²) in [6.45, 7) is 0.404. The summed E-state index contributed by atoms with van der Waals surface area (Å²) in [6, 6.07) is 3.07. The Morgan fingerprint density at radius 3 is 2.39 bits per heavy atom. The van der Waals surface area contributed by atoms with Gasteiger partial charge in [0.15, 0.2) is 0 Å². The van der Waals surface area contributed by atoms with Crippen molar-refractivity contribution in [1.29, 1.82) is 0 Å². The first-order valence-corrected chi connectivity index (χ1v) is 6.84. The lowest BCUT2D eigenvalue weighted by Gasteiger charge is -2.09. The molecule has 0 saturated heterocycles. The van der Waals surface area contributed by atoms with Crippen molar-refractivity contribution in [2.75, 3.05) is 30.2 Å². The number of hydrogen-bond donors (Lipinski definition) is 2. The molecule has 0 aliphatic carbocycles. The molecule has 0 heterocycles. The Hall–Kier alpha value is -1.25. The number of benzene rings is 1. The molecule has 0 amide bonds. The highest BCUT2D eigenvalue weighted by Gasteiger charge is 2.16. The second-order valence-electron chi connectivity index (χ2n) is 3.42. The van der Waals surface area contributed by atoms with Crippen LogP contribution in [0.25, 0.3) is 0 Å². The highest BCUT2D eigenvalue weighted by atomic mass is 32.2. The molecule has 0 aliphatic rings. The summed E-state index contributed by atoms with van der Waals surface area (Å²) >= 11 is 0. The maximum absolute atomic E-state index is 13.2. The molecule has 102 valence electrons. The molecule has 0 aromatic heterocycles. The summed E-state index contributed by atoms with van der Waals surface area (Å²) in [7, 11) is -3.86. The van der Waals surface area contributed by atoms with Gasteiger partial charge in [0, 0.05) is 6.54 Å². The lowest BCUT2D eigenvalue weighted by Crippen LogP contribution is -2.22. The van der Waals surface area contributed by atoms with E-state index in [-0.39, 0.29) is 19.8 Å². The second kappa shape index (κ2) is 6.62. The molecule has 0 atom stereocenters. The monoisotopic (exact) mass is 280 g/mol. The van der Waals surface area contributed by atoms with E-state index in [9.17, 15) is 17.2 Å². The van der Waals surface area contributed by atoms with E-state index in [1.807, 2.05) is 4.72 Å². The Balaban J connectivity index is 2.65. The summed E-state index contributed by atoms with van der Waals surface area (Å²) in [5.41, 5.74) is 4.47. The lowest BCUT2D eigenvalue weighted by molar-refractivity contribution is 0.157. The quantitative estimate of drug-likeness (QED) is 0.720. The average Bonchev–Trinajstić information content (AvgIpc) is 2.30. The Morgan fingerprint density at radius 1 is 1.22 bits per heavy atom. The van der Waals surface area contributed by atoms with E-state index in [1.165, 1.54) is 0 Å². The van der Waals surface area contributed by atoms with Gasteiger partial charge in [0.05, 0.1) is 19.0 Å². The molecule has 0 radical (unpaired) electrons. The van der Waals surface area contributed by atoms with E-state index in [2.05, 4.69) is 0 Å². The molecular formula is C10H14F2N2O3S. The zero-order chi connectivity index (χ0) is 13.6. The lowest BCUT2D eigenvalue weighted by atomic mass is 10.3. The number of halogens is 2. The third kappa shape index (κ3) is 4.55. The van der Waals surface area contributed by atoms with Crippen LogP contribution in [0.4, 0.5) is 14.5 Å². The average molecular weight is 280 g/mol. The second-order valence-corrected chi connectivity index (χ2v) is 5.26. The van der Waals surface area contributed by atoms with Crippen molar-refractivity contribution in [3.05, 3.63) is 29.8 Å². The fourth-order valence-corrected chi connectivity index (χ4v) is 2.10. The van der Waals surface area contributed by atoms with Crippen LogP contribution in [-0.2, 0) is 14.8 Å². The van der Waals surface area contributed by atoms with E-state index in [4.69, 9.17) is 10.5 Å². The van der Waals surface area contributed by atoms with E-state index in [0.717, 1.165) is 18.2 Å². The molecule has 8 heteroatoms. The van der Waals surface area contributed by atoms with Gasteiger partial charge in [-0.2, -0.15) is 0 Å². The molecule has 1 rings (SSSR count). The topological polar surface area (TPSA) is 81.4 Å². The van der Waals surface area contributed by atoms with Gasteiger partial charge in [0.1, 0.15) is 17.3 Å². The number of rotatable bonds is 7. The van der Waals surface area contributed by atoms with Gasteiger partial charge in [-0.25, -0.2) is 17.2 Å². The minimum Gasteiger partial charge on any atom is -0.379 e. The number of para-hydroxylation sites is 1. The molecule has 5 nitrogen and oxygen atoms in total. The first-order chi connectivity index (χ1) is 8.46. The highest BCUT2D eigenvalue weighted by Crippen LogP contribution is 2.19. The van der Waals surface area contributed by atoms with Crippen LogP contribution in [0.2, 0.25) is 0 Å². The van der Waals surface area contributed by atoms with E-state index >= 15 is 0 Å². The van der Waals surface area contributed by atoms with Crippen LogP contribution in [0, 0.1) is 11.6 Å². The molecule has 1 aromatic rings. The van der Waals surface area contributed by atoms with Crippen LogP contribution in [-0.4, -0.2) is 33.9 Å². The first kappa shape index (κ1) is 14.8. The number of hydrogen-bond acceptors (Lipinski definition) is 4. The molecule has 0 saturated carbocycles. The normalized spacial score (nSPS) is 11.5. The number of ether oxygens (including phenoxy) is 1. The van der Waals surface area contributed by atoms with Gasteiger partial charge >= 0.3 is 0 Å². The van der Waals surface area contributed by atoms with Crippen molar-refractivity contribution in [2.24, 2.45) is 5.73 Å². The van der Waals surface area contributed by atoms with Crippen LogP contribution in [0.1, 0.15) is 0 Å². The molecule has 18 heavy (non-hydrogen) atoms. The fraction of sp³-hybridized carbons (Fsp3) is 0.400. The first-order valence-electron chi connectivity index (χ1n) is 5.18. The third-order valence-corrected chi connectivity index (χ3v) is 3.20. The zero-order valence-electron chi connectivity index (χ0n) is 9.53. The van der Waals surface area contributed by atoms with Gasteiger partial charge in [0.25, 0.3) is 0 Å². The summed E-state index contributed by atoms with van der Waals surface area (Å²) in [4.78, 5) is 0. The standard InChI is InChI=1S/C10H14F2N2O3S/c11-8-2-1-3-9(12)10(8)14-18(15,16)7-6-17-5-4-13/h1-3,14H,4-7,13H2. The minimum atomic E-state index is -3.86. The Morgan fingerprint density at radius 2 is 1.83 bits per heavy atom. The molecule has 0 unspecified atom stereocenters. The Kier molecular flexibility index (Phi) is 5.45. The predicted molar refractivity (Wildman–Crippen MR) is 63.6 cm³/mol. The maximum Gasteiger partial charge on any atom is 0.235 e. The smallest absolute Gasteiger partial charge is 0.235 e. The van der Waals surface area contributed by atoms with Gasteiger partial charge in [-0.1, -0.05) is 6.07 Å². The summed E-state index contributed by atoms with van der Waals surface area (Å²) in [5.74, 6) is -2.34.